The molecule has 1 atom stereocenters. The number of rotatable bonds is 8. The van der Waals surface area contributed by atoms with Gasteiger partial charge in [-0.05, 0) is 51.1 Å². The van der Waals surface area contributed by atoms with Crippen molar-refractivity contribution >= 4 is 0 Å². The van der Waals surface area contributed by atoms with E-state index in [-0.39, 0.29) is 0 Å². The first kappa shape index (κ1) is 16.0. The first-order valence-corrected chi connectivity index (χ1v) is 7.28. The Morgan fingerprint density at radius 3 is 2.53 bits per heavy atom. The second kappa shape index (κ2) is 8.18. The summed E-state index contributed by atoms with van der Waals surface area (Å²) < 4.78 is 5.69. The van der Waals surface area contributed by atoms with Gasteiger partial charge in [-0.15, -0.1) is 0 Å². The minimum atomic E-state index is -0.435. The van der Waals surface area contributed by atoms with Crippen molar-refractivity contribution in [2.45, 2.75) is 46.8 Å². The van der Waals surface area contributed by atoms with Crippen LogP contribution in [0.4, 0.5) is 0 Å². The molecule has 0 spiro atoms. The maximum Gasteiger partial charge on any atom is 0.123 e. The molecule has 108 valence electrons. The summed E-state index contributed by atoms with van der Waals surface area (Å²) >= 11 is 0. The van der Waals surface area contributed by atoms with Crippen LogP contribution in [0.2, 0.25) is 0 Å². The highest BCUT2D eigenvalue weighted by Crippen LogP contribution is 2.25. The molecule has 19 heavy (non-hydrogen) atoms. The highest BCUT2D eigenvalue weighted by Gasteiger charge is 2.11. The van der Waals surface area contributed by atoms with Crippen molar-refractivity contribution in [1.82, 2.24) is 4.90 Å². The summed E-state index contributed by atoms with van der Waals surface area (Å²) in [5, 5.41) is 9.71. The quantitative estimate of drug-likeness (QED) is 0.782. The molecular weight excluding hydrogens is 238 g/mol. The molecule has 1 N–H and O–H groups in total. The Hall–Kier alpha value is -1.06. The number of hydrogen-bond acceptors (Lipinski definition) is 3. The number of nitrogens with zero attached hydrogens (tertiary/aromatic N) is 1. The molecule has 0 aliphatic carbocycles. The van der Waals surface area contributed by atoms with E-state index in [2.05, 4.69) is 24.8 Å². The standard InChI is InChI=1S/C16H27NO2/c1-5-10-17(6-2)12-15-11-14(13(4)18)8-9-16(15)19-7-3/h8-9,11,13,18H,5-7,10,12H2,1-4H3. The number of aliphatic hydroxyl groups excluding tert-OH is 1. The molecule has 0 amide bonds. The van der Waals surface area contributed by atoms with Crippen LogP contribution in [0.1, 0.15) is 51.3 Å². The van der Waals surface area contributed by atoms with Gasteiger partial charge in [0.25, 0.3) is 0 Å². The Kier molecular flexibility index (Phi) is 6.89. The fourth-order valence-electron chi connectivity index (χ4n) is 2.19. The first-order chi connectivity index (χ1) is 9.12. The zero-order valence-corrected chi connectivity index (χ0v) is 12.6. The van der Waals surface area contributed by atoms with E-state index in [9.17, 15) is 5.11 Å². The molecule has 1 rings (SSSR count). The monoisotopic (exact) mass is 265 g/mol. The number of aliphatic hydroxyl groups is 1. The lowest BCUT2D eigenvalue weighted by atomic mass is 10.1. The topological polar surface area (TPSA) is 32.7 Å². The third-order valence-electron chi connectivity index (χ3n) is 3.25. The number of ether oxygens (including phenoxy) is 1. The van der Waals surface area contributed by atoms with Crippen LogP contribution in [0, 0.1) is 0 Å². The lowest BCUT2D eigenvalue weighted by Crippen LogP contribution is -2.24. The van der Waals surface area contributed by atoms with Crippen LogP contribution in [-0.4, -0.2) is 29.7 Å². The molecule has 3 heteroatoms. The van der Waals surface area contributed by atoms with Crippen molar-refractivity contribution in [2.75, 3.05) is 19.7 Å². The molecular formula is C16H27NO2. The van der Waals surface area contributed by atoms with Gasteiger partial charge >= 0.3 is 0 Å². The van der Waals surface area contributed by atoms with Crippen molar-refractivity contribution in [3.05, 3.63) is 29.3 Å². The van der Waals surface area contributed by atoms with Gasteiger partial charge in [0.1, 0.15) is 5.75 Å². The van der Waals surface area contributed by atoms with Gasteiger partial charge in [0.2, 0.25) is 0 Å². The minimum absolute atomic E-state index is 0.435. The van der Waals surface area contributed by atoms with Gasteiger partial charge in [0.05, 0.1) is 12.7 Å². The van der Waals surface area contributed by atoms with Gasteiger partial charge < -0.3 is 9.84 Å². The van der Waals surface area contributed by atoms with E-state index >= 15 is 0 Å². The summed E-state index contributed by atoms with van der Waals surface area (Å²) in [6.07, 6.45) is 0.712. The fraction of sp³-hybridized carbons (Fsp3) is 0.625. The molecule has 0 bridgehead atoms. The third-order valence-corrected chi connectivity index (χ3v) is 3.25. The highest BCUT2D eigenvalue weighted by molar-refractivity contribution is 5.38. The number of hydrogen-bond donors (Lipinski definition) is 1. The summed E-state index contributed by atoms with van der Waals surface area (Å²) in [6, 6.07) is 5.98. The van der Waals surface area contributed by atoms with Crippen LogP contribution < -0.4 is 4.74 Å². The largest absolute Gasteiger partial charge is 0.494 e. The van der Waals surface area contributed by atoms with Crippen molar-refractivity contribution in [2.24, 2.45) is 0 Å². The average Bonchev–Trinajstić information content (AvgIpc) is 2.40. The second-order valence-electron chi connectivity index (χ2n) is 4.84. The average molecular weight is 265 g/mol. The van der Waals surface area contributed by atoms with E-state index in [0.717, 1.165) is 42.9 Å². The van der Waals surface area contributed by atoms with Gasteiger partial charge in [0.15, 0.2) is 0 Å². The Bertz CT molecular complexity index is 377. The van der Waals surface area contributed by atoms with Crippen molar-refractivity contribution in [3.63, 3.8) is 0 Å². The second-order valence-corrected chi connectivity index (χ2v) is 4.84. The molecule has 0 fully saturated rings. The molecule has 0 radical (unpaired) electrons. The predicted molar refractivity (Wildman–Crippen MR) is 79.5 cm³/mol. The van der Waals surface area contributed by atoms with Gasteiger partial charge in [-0.2, -0.15) is 0 Å². The van der Waals surface area contributed by atoms with E-state index in [0.29, 0.717) is 6.61 Å². The van der Waals surface area contributed by atoms with Crippen molar-refractivity contribution < 1.29 is 9.84 Å². The Balaban J connectivity index is 2.95. The lowest BCUT2D eigenvalue weighted by molar-refractivity contribution is 0.198. The molecule has 0 saturated carbocycles. The van der Waals surface area contributed by atoms with Crippen LogP contribution in [-0.2, 0) is 6.54 Å². The van der Waals surface area contributed by atoms with E-state index < -0.39 is 6.10 Å². The molecule has 1 aromatic carbocycles. The minimum Gasteiger partial charge on any atom is -0.494 e. The summed E-state index contributed by atoms with van der Waals surface area (Å²) in [5.74, 6) is 0.932. The molecule has 3 nitrogen and oxygen atoms in total. The zero-order chi connectivity index (χ0) is 14.3. The van der Waals surface area contributed by atoms with E-state index in [4.69, 9.17) is 4.74 Å². The Morgan fingerprint density at radius 1 is 1.26 bits per heavy atom. The van der Waals surface area contributed by atoms with E-state index in [1.165, 1.54) is 0 Å². The lowest BCUT2D eigenvalue weighted by Gasteiger charge is -2.22. The fourth-order valence-corrected chi connectivity index (χ4v) is 2.19. The van der Waals surface area contributed by atoms with Crippen LogP contribution >= 0.6 is 0 Å². The molecule has 0 aliphatic heterocycles. The van der Waals surface area contributed by atoms with Gasteiger partial charge in [0, 0.05) is 12.1 Å². The Morgan fingerprint density at radius 2 is 2.00 bits per heavy atom. The number of benzene rings is 1. The molecule has 0 aromatic heterocycles. The van der Waals surface area contributed by atoms with Crippen LogP contribution in [0.3, 0.4) is 0 Å². The third kappa shape index (κ3) is 4.84. The van der Waals surface area contributed by atoms with Gasteiger partial charge in [-0.25, -0.2) is 0 Å². The van der Waals surface area contributed by atoms with Gasteiger partial charge in [-0.1, -0.05) is 19.9 Å². The van der Waals surface area contributed by atoms with Crippen molar-refractivity contribution in [3.8, 4) is 5.75 Å². The molecule has 1 unspecified atom stereocenters. The molecule has 0 saturated heterocycles. The van der Waals surface area contributed by atoms with E-state index in [1.807, 2.05) is 19.1 Å². The normalized spacial score (nSPS) is 12.7. The highest BCUT2D eigenvalue weighted by atomic mass is 16.5. The maximum atomic E-state index is 9.71. The van der Waals surface area contributed by atoms with E-state index in [1.54, 1.807) is 6.92 Å². The SMILES string of the molecule is CCCN(CC)Cc1cc(C(C)O)ccc1OCC. The van der Waals surface area contributed by atoms with Crippen LogP contribution in [0.15, 0.2) is 18.2 Å². The maximum absolute atomic E-state index is 9.71. The molecule has 0 heterocycles. The van der Waals surface area contributed by atoms with Crippen LogP contribution in [0.25, 0.3) is 0 Å². The molecule has 1 aromatic rings. The summed E-state index contributed by atoms with van der Waals surface area (Å²) in [7, 11) is 0. The summed E-state index contributed by atoms with van der Waals surface area (Å²) in [5.41, 5.74) is 2.11. The zero-order valence-electron chi connectivity index (χ0n) is 12.6. The summed E-state index contributed by atoms with van der Waals surface area (Å²) in [6.45, 7) is 11.8. The predicted octanol–water partition coefficient (Wildman–Crippen LogP) is 3.37. The molecule has 0 aliphatic rings. The Labute approximate surface area is 117 Å². The van der Waals surface area contributed by atoms with Crippen molar-refractivity contribution in [1.29, 1.82) is 0 Å². The smallest absolute Gasteiger partial charge is 0.123 e. The summed E-state index contributed by atoms with van der Waals surface area (Å²) in [4.78, 5) is 2.39. The first-order valence-electron chi connectivity index (χ1n) is 7.28. The van der Waals surface area contributed by atoms with Crippen LogP contribution in [0.5, 0.6) is 5.75 Å². The van der Waals surface area contributed by atoms with Gasteiger partial charge in [-0.3, -0.25) is 4.90 Å².